The molecule has 4 heterocycles. The third kappa shape index (κ3) is 6.33. The van der Waals surface area contributed by atoms with Crippen LogP contribution in [0.15, 0.2) is 11.7 Å². The molecule has 3 amide bonds. The predicted octanol–water partition coefficient (Wildman–Crippen LogP) is 2.57. The molecule has 0 radical (unpaired) electrons. The summed E-state index contributed by atoms with van der Waals surface area (Å²) in [7, 11) is 0. The molecule has 4 aliphatic rings. The first-order valence-electron chi connectivity index (χ1n) is 15.0. The molecule has 5 rings (SSSR count). The van der Waals surface area contributed by atoms with Crippen LogP contribution in [0.25, 0.3) is 0 Å². The summed E-state index contributed by atoms with van der Waals surface area (Å²) in [5, 5.41) is 14.2. The number of nitrogens with one attached hydrogen (secondary N) is 1. The van der Waals surface area contributed by atoms with E-state index in [1.807, 2.05) is 25.7 Å². The Labute approximate surface area is 247 Å². The minimum atomic E-state index is -1.23. The van der Waals surface area contributed by atoms with Crippen LogP contribution in [-0.2, 0) is 19.1 Å². The van der Waals surface area contributed by atoms with Crippen LogP contribution in [0.3, 0.4) is 0 Å². The van der Waals surface area contributed by atoms with Gasteiger partial charge in [0.15, 0.2) is 0 Å². The molecule has 4 fully saturated rings. The number of thiazole rings is 1. The number of ether oxygens (including phenoxy) is 2. The molecule has 0 bridgehead atoms. The fourth-order valence-electron chi connectivity index (χ4n) is 6.95. The van der Waals surface area contributed by atoms with Gasteiger partial charge in [0, 0.05) is 50.2 Å². The molecular formula is C30H46N4O6S. The molecule has 2 N–H and O–H groups in total. The summed E-state index contributed by atoms with van der Waals surface area (Å²) in [5.41, 5.74) is -0.553. The molecule has 3 saturated heterocycles. The first-order valence-corrected chi connectivity index (χ1v) is 15.9. The second-order valence-electron chi connectivity index (χ2n) is 13.9. The van der Waals surface area contributed by atoms with E-state index in [-0.39, 0.29) is 24.3 Å². The van der Waals surface area contributed by atoms with Crippen molar-refractivity contribution in [3.8, 4) is 0 Å². The highest BCUT2D eigenvalue weighted by atomic mass is 32.1. The van der Waals surface area contributed by atoms with E-state index in [1.54, 1.807) is 30.5 Å². The summed E-state index contributed by atoms with van der Waals surface area (Å²) in [5.74, 6) is 0.0618. The van der Waals surface area contributed by atoms with Gasteiger partial charge in [0.2, 0.25) is 11.8 Å². The zero-order chi connectivity index (χ0) is 29.6. The van der Waals surface area contributed by atoms with E-state index in [0.29, 0.717) is 43.0 Å². The number of carbonyl (C=O) groups excluding carboxylic acids is 3. The molecule has 1 aromatic rings. The number of hydrogen-bond donors (Lipinski definition) is 2. The SMILES string of the molecule is C[C@@H](OCC1CCOCC1)[C@H](NC(=O)[C@@H]1CN(C(=O)c2cncs2)CC12CN(C(=O)C(C)(C)C1CC1)C2)C(C)(C)O. The van der Waals surface area contributed by atoms with Crippen molar-refractivity contribution in [2.75, 3.05) is 46.0 Å². The van der Waals surface area contributed by atoms with Crippen molar-refractivity contribution in [2.24, 2.45) is 28.6 Å². The lowest BCUT2D eigenvalue weighted by Crippen LogP contribution is -2.67. The molecule has 0 unspecified atom stereocenters. The first kappa shape index (κ1) is 30.4. The Kier molecular flexibility index (Phi) is 8.55. The molecule has 228 valence electrons. The van der Waals surface area contributed by atoms with E-state index in [4.69, 9.17) is 9.47 Å². The molecule has 3 atom stereocenters. The van der Waals surface area contributed by atoms with Gasteiger partial charge in [-0.1, -0.05) is 13.8 Å². The summed E-state index contributed by atoms with van der Waals surface area (Å²) >= 11 is 1.28. The standard InChI is InChI=1S/C30H46N4O6S/c1-19(40-14-20-8-10-39-11-9-20)24(29(4,5)38)32-25(35)22-13-33(26(36)23-12-31-18-41-23)15-30(22)16-34(17-30)27(37)28(2,3)21-6-7-21/h12,18-22,24,38H,6-11,13-17H2,1-5H3,(H,32,35)/t19-,22+,24+/m1/s1. The van der Waals surface area contributed by atoms with E-state index < -0.39 is 34.5 Å². The molecule has 41 heavy (non-hydrogen) atoms. The van der Waals surface area contributed by atoms with Gasteiger partial charge in [-0.15, -0.1) is 11.3 Å². The summed E-state index contributed by atoms with van der Waals surface area (Å²) in [6.07, 6.45) is 5.16. The fraction of sp³-hybridized carbons (Fsp3) is 0.800. The monoisotopic (exact) mass is 590 g/mol. The lowest BCUT2D eigenvalue weighted by molar-refractivity contribution is -0.159. The summed E-state index contributed by atoms with van der Waals surface area (Å²) in [6.45, 7) is 12.8. The predicted molar refractivity (Wildman–Crippen MR) is 154 cm³/mol. The zero-order valence-electron chi connectivity index (χ0n) is 25.1. The number of rotatable bonds is 10. The number of aromatic nitrogens is 1. The van der Waals surface area contributed by atoms with Gasteiger partial charge >= 0.3 is 0 Å². The quantitative estimate of drug-likeness (QED) is 0.430. The lowest BCUT2D eigenvalue weighted by atomic mass is 9.69. The number of aliphatic hydroxyl groups is 1. The second kappa shape index (κ2) is 11.5. The van der Waals surface area contributed by atoms with Crippen molar-refractivity contribution >= 4 is 29.1 Å². The maximum absolute atomic E-state index is 14.0. The number of likely N-dealkylation sites (tertiary alicyclic amines) is 2. The second-order valence-corrected chi connectivity index (χ2v) is 14.7. The average Bonchev–Trinajstić information content (AvgIpc) is 3.49. The normalized spacial score (nSPS) is 24.7. The van der Waals surface area contributed by atoms with Crippen LogP contribution < -0.4 is 5.32 Å². The van der Waals surface area contributed by atoms with E-state index in [2.05, 4.69) is 10.3 Å². The number of carbonyl (C=O) groups is 3. The van der Waals surface area contributed by atoms with E-state index >= 15 is 0 Å². The topological polar surface area (TPSA) is 121 Å². The Morgan fingerprint density at radius 1 is 1.15 bits per heavy atom. The Morgan fingerprint density at radius 2 is 1.80 bits per heavy atom. The molecule has 1 aliphatic carbocycles. The third-order valence-electron chi connectivity index (χ3n) is 9.81. The Morgan fingerprint density at radius 3 is 2.39 bits per heavy atom. The van der Waals surface area contributed by atoms with Crippen LogP contribution in [0.2, 0.25) is 0 Å². The highest BCUT2D eigenvalue weighted by molar-refractivity contribution is 7.11. The van der Waals surface area contributed by atoms with Gasteiger partial charge in [-0.2, -0.15) is 0 Å². The highest BCUT2D eigenvalue weighted by Crippen LogP contribution is 2.50. The number of nitrogens with zero attached hydrogens (tertiary/aromatic N) is 3. The van der Waals surface area contributed by atoms with Gasteiger partial charge in [-0.05, 0) is 58.3 Å². The van der Waals surface area contributed by atoms with E-state index in [9.17, 15) is 19.5 Å². The molecule has 11 heteroatoms. The van der Waals surface area contributed by atoms with Gasteiger partial charge in [0.1, 0.15) is 4.88 Å². The fourth-order valence-corrected chi connectivity index (χ4v) is 7.53. The number of amides is 3. The van der Waals surface area contributed by atoms with Gasteiger partial charge in [-0.25, -0.2) is 0 Å². The molecule has 1 saturated carbocycles. The molecule has 1 aromatic heterocycles. The molecule has 3 aliphatic heterocycles. The van der Waals surface area contributed by atoms with Crippen molar-refractivity contribution in [1.82, 2.24) is 20.1 Å². The van der Waals surface area contributed by atoms with Gasteiger partial charge in [-0.3, -0.25) is 19.4 Å². The minimum Gasteiger partial charge on any atom is -0.388 e. The zero-order valence-corrected chi connectivity index (χ0v) is 25.9. The van der Waals surface area contributed by atoms with E-state index in [1.165, 1.54) is 11.3 Å². The van der Waals surface area contributed by atoms with E-state index in [0.717, 1.165) is 38.9 Å². The minimum absolute atomic E-state index is 0.126. The van der Waals surface area contributed by atoms with Crippen molar-refractivity contribution in [1.29, 1.82) is 0 Å². The van der Waals surface area contributed by atoms with Crippen molar-refractivity contribution in [3.05, 3.63) is 16.6 Å². The maximum Gasteiger partial charge on any atom is 0.265 e. The number of hydrogen-bond acceptors (Lipinski definition) is 8. The van der Waals surface area contributed by atoms with Crippen LogP contribution in [0, 0.1) is 28.6 Å². The third-order valence-corrected chi connectivity index (χ3v) is 10.6. The average molecular weight is 591 g/mol. The summed E-state index contributed by atoms with van der Waals surface area (Å²) in [4.78, 5) is 49.0. The van der Waals surface area contributed by atoms with Crippen molar-refractivity contribution in [2.45, 2.75) is 78.0 Å². The molecule has 0 aromatic carbocycles. The van der Waals surface area contributed by atoms with Gasteiger partial charge in [0.05, 0.1) is 42.0 Å². The summed E-state index contributed by atoms with van der Waals surface area (Å²) in [6, 6.07) is -0.648. The van der Waals surface area contributed by atoms with Crippen LogP contribution in [0.4, 0.5) is 0 Å². The Balaban J connectivity index is 1.30. The van der Waals surface area contributed by atoms with Crippen molar-refractivity contribution in [3.63, 3.8) is 0 Å². The molecule has 1 spiro atoms. The Hall–Kier alpha value is -2.08. The summed E-state index contributed by atoms with van der Waals surface area (Å²) < 4.78 is 11.6. The maximum atomic E-state index is 14.0. The van der Waals surface area contributed by atoms with Crippen LogP contribution in [-0.4, -0.2) is 101 Å². The van der Waals surface area contributed by atoms with Crippen LogP contribution in [0.1, 0.15) is 70.0 Å². The Bertz CT molecular complexity index is 1100. The van der Waals surface area contributed by atoms with Crippen LogP contribution in [0.5, 0.6) is 0 Å². The largest absolute Gasteiger partial charge is 0.388 e. The molecular weight excluding hydrogens is 544 g/mol. The highest BCUT2D eigenvalue weighted by Gasteiger charge is 2.61. The first-order chi connectivity index (χ1) is 19.3. The molecule has 10 nitrogen and oxygen atoms in total. The van der Waals surface area contributed by atoms with Gasteiger partial charge < -0.3 is 29.7 Å². The van der Waals surface area contributed by atoms with Gasteiger partial charge in [0.25, 0.3) is 5.91 Å². The van der Waals surface area contributed by atoms with Crippen molar-refractivity contribution < 1.29 is 29.0 Å². The van der Waals surface area contributed by atoms with Crippen LogP contribution >= 0.6 is 11.3 Å². The smallest absolute Gasteiger partial charge is 0.265 e. The lowest BCUT2D eigenvalue weighted by Gasteiger charge is -2.52.